The van der Waals surface area contributed by atoms with Gasteiger partial charge in [0, 0.05) is 27.8 Å². The third-order valence-electron chi connectivity index (χ3n) is 8.55. The van der Waals surface area contributed by atoms with Crippen molar-refractivity contribution in [1.82, 2.24) is 9.97 Å². The molecule has 3 aromatic carbocycles. The maximum absolute atomic E-state index is 6.88. The van der Waals surface area contributed by atoms with Gasteiger partial charge in [-0.3, -0.25) is 0 Å². The summed E-state index contributed by atoms with van der Waals surface area (Å²) in [4.78, 5) is 10.5. The largest absolute Gasteiger partial charge is 0.487 e. The number of fused-ring (bicyclic) bond motifs is 9. The quantitative estimate of drug-likeness (QED) is 0.191. The van der Waals surface area contributed by atoms with Crippen molar-refractivity contribution >= 4 is 38.4 Å². The maximum Gasteiger partial charge on any atom is 0.133 e. The van der Waals surface area contributed by atoms with Gasteiger partial charge in [-0.05, 0) is 67.9 Å². The maximum atomic E-state index is 6.88. The summed E-state index contributed by atoms with van der Waals surface area (Å²) in [7, 11) is 0. The van der Waals surface area contributed by atoms with E-state index >= 15 is 0 Å². The van der Waals surface area contributed by atoms with E-state index in [1.165, 1.54) is 18.4 Å². The Morgan fingerprint density at radius 2 is 1.75 bits per heavy atom. The lowest BCUT2D eigenvalue weighted by Crippen LogP contribution is -2.46. The van der Waals surface area contributed by atoms with Crippen LogP contribution < -0.4 is 4.74 Å². The second-order valence-electron chi connectivity index (χ2n) is 11.2. The van der Waals surface area contributed by atoms with Crippen LogP contribution in [0.5, 0.6) is 5.75 Å². The molecule has 0 bridgehead atoms. The van der Waals surface area contributed by atoms with E-state index in [0.717, 1.165) is 61.7 Å². The van der Waals surface area contributed by atoms with Crippen LogP contribution in [0.15, 0.2) is 72.1 Å². The van der Waals surface area contributed by atoms with Gasteiger partial charge in [0.25, 0.3) is 0 Å². The predicted molar refractivity (Wildman–Crippen MR) is 145 cm³/mol. The van der Waals surface area contributed by atoms with Gasteiger partial charge in [-0.25, -0.2) is 9.97 Å². The smallest absolute Gasteiger partial charge is 0.133 e. The number of furan rings is 1. The molecule has 0 spiro atoms. The monoisotopic (exact) mass is 474 g/mol. The van der Waals surface area contributed by atoms with Crippen LogP contribution in [0.25, 0.3) is 38.4 Å². The zero-order valence-corrected chi connectivity index (χ0v) is 21.0. The van der Waals surface area contributed by atoms with E-state index in [2.05, 4.69) is 69.8 Å². The molecule has 3 heterocycles. The van der Waals surface area contributed by atoms with E-state index in [9.17, 15) is 0 Å². The van der Waals surface area contributed by atoms with Gasteiger partial charge in [-0.15, -0.1) is 0 Å². The van der Waals surface area contributed by atoms with Crippen LogP contribution in [-0.2, 0) is 0 Å². The summed E-state index contributed by atoms with van der Waals surface area (Å²) in [5, 5.41) is 2.24. The summed E-state index contributed by atoms with van der Waals surface area (Å²) in [5.41, 5.74) is 7.69. The Bertz CT molecular complexity index is 1670. The minimum Gasteiger partial charge on any atom is -0.487 e. The molecule has 4 heteroatoms. The second kappa shape index (κ2) is 7.67. The lowest BCUT2D eigenvalue weighted by molar-refractivity contribution is -0.0115. The first-order valence-electron chi connectivity index (χ1n) is 13.0. The van der Waals surface area contributed by atoms with Crippen LogP contribution in [-0.4, -0.2) is 15.6 Å². The van der Waals surface area contributed by atoms with Crippen LogP contribution >= 0.6 is 0 Å². The summed E-state index contributed by atoms with van der Waals surface area (Å²) in [6, 6.07) is 16.7. The SMILES string of the molecule is C=C(c1ccoc1)c1ccc2nc3c(nc2c1)c1c(c2ccccc23)OC(C)(C)[C@H]2CC[C@H](C)C[C@H]12. The Morgan fingerprint density at radius 1 is 0.944 bits per heavy atom. The van der Waals surface area contributed by atoms with Gasteiger partial charge in [0.15, 0.2) is 0 Å². The highest BCUT2D eigenvalue weighted by molar-refractivity contribution is 6.11. The normalized spacial score (nSPS) is 22.8. The number of benzene rings is 3. The molecule has 2 aromatic heterocycles. The average Bonchev–Trinajstić information content (AvgIpc) is 3.42. The number of rotatable bonds is 2. The van der Waals surface area contributed by atoms with Gasteiger partial charge in [-0.2, -0.15) is 0 Å². The molecule has 1 saturated carbocycles. The second-order valence-corrected chi connectivity index (χ2v) is 11.2. The van der Waals surface area contributed by atoms with E-state index in [4.69, 9.17) is 19.1 Å². The third-order valence-corrected chi connectivity index (χ3v) is 8.55. The van der Waals surface area contributed by atoms with Gasteiger partial charge in [0.2, 0.25) is 0 Å². The molecule has 36 heavy (non-hydrogen) atoms. The summed E-state index contributed by atoms with van der Waals surface area (Å²) in [5.74, 6) is 2.57. The number of hydrogen-bond donors (Lipinski definition) is 0. The van der Waals surface area contributed by atoms with Crippen molar-refractivity contribution in [2.75, 3.05) is 0 Å². The molecule has 0 amide bonds. The fourth-order valence-electron chi connectivity index (χ4n) is 6.69. The zero-order valence-electron chi connectivity index (χ0n) is 21.0. The van der Waals surface area contributed by atoms with Gasteiger partial charge in [-0.1, -0.05) is 50.3 Å². The summed E-state index contributed by atoms with van der Waals surface area (Å²) in [6.07, 6.45) is 7.00. The standard InChI is InChI=1S/C32H30N2O2/c1-18-9-11-25-24(15-18)28-30-29(22-7-5-6-8-23(22)31(28)36-32(25,3)4)33-26-12-10-20(16-27(26)34-30)19(2)21-13-14-35-17-21/h5-8,10,12-14,16-18,24-25H,2,9,11,15H2,1,3-4H3/t18-,24-,25-/m0/s1. The topological polar surface area (TPSA) is 48.2 Å². The Kier molecular flexibility index (Phi) is 4.60. The minimum absolute atomic E-state index is 0.214. The molecule has 1 aliphatic heterocycles. The molecule has 3 atom stereocenters. The van der Waals surface area contributed by atoms with Gasteiger partial charge < -0.3 is 9.15 Å². The van der Waals surface area contributed by atoms with E-state index in [1.807, 2.05) is 6.07 Å². The molecule has 7 rings (SSSR count). The highest BCUT2D eigenvalue weighted by Gasteiger charge is 2.47. The first kappa shape index (κ1) is 21.6. The first-order valence-corrected chi connectivity index (χ1v) is 13.0. The summed E-state index contributed by atoms with van der Waals surface area (Å²) in [6.45, 7) is 11.2. The molecule has 0 N–H and O–H groups in total. The van der Waals surface area contributed by atoms with E-state index in [0.29, 0.717) is 17.8 Å². The van der Waals surface area contributed by atoms with E-state index in [1.54, 1.807) is 12.5 Å². The van der Waals surface area contributed by atoms with Crippen molar-refractivity contribution in [2.24, 2.45) is 11.8 Å². The van der Waals surface area contributed by atoms with Crippen LogP contribution in [0.1, 0.15) is 62.6 Å². The fraction of sp³-hybridized carbons (Fsp3) is 0.312. The molecule has 1 fully saturated rings. The Morgan fingerprint density at radius 3 is 2.56 bits per heavy atom. The third kappa shape index (κ3) is 3.13. The minimum atomic E-state index is -0.214. The zero-order chi connectivity index (χ0) is 24.6. The number of ether oxygens (including phenoxy) is 1. The highest BCUT2D eigenvalue weighted by atomic mass is 16.5. The summed E-state index contributed by atoms with van der Waals surface area (Å²) >= 11 is 0. The average molecular weight is 475 g/mol. The van der Waals surface area contributed by atoms with Crippen LogP contribution in [0.3, 0.4) is 0 Å². The van der Waals surface area contributed by atoms with Gasteiger partial charge in [0.1, 0.15) is 11.4 Å². The molecule has 0 saturated heterocycles. The van der Waals surface area contributed by atoms with E-state index in [-0.39, 0.29) is 5.60 Å². The van der Waals surface area contributed by atoms with Gasteiger partial charge >= 0.3 is 0 Å². The molecular weight excluding hydrogens is 444 g/mol. The van der Waals surface area contributed by atoms with Gasteiger partial charge in [0.05, 0.1) is 34.6 Å². The summed E-state index contributed by atoms with van der Waals surface area (Å²) < 4.78 is 12.2. The highest BCUT2D eigenvalue weighted by Crippen LogP contribution is 2.56. The molecule has 180 valence electrons. The number of nitrogens with zero attached hydrogens (tertiary/aromatic N) is 2. The van der Waals surface area contributed by atoms with Crippen molar-refractivity contribution < 1.29 is 9.15 Å². The number of aromatic nitrogens is 2. The molecule has 1 aliphatic carbocycles. The molecule has 0 radical (unpaired) electrons. The van der Waals surface area contributed by atoms with Crippen molar-refractivity contribution in [2.45, 2.75) is 51.6 Å². The Labute approximate surface area is 211 Å². The van der Waals surface area contributed by atoms with Crippen molar-refractivity contribution in [3.63, 3.8) is 0 Å². The molecular formula is C32H30N2O2. The van der Waals surface area contributed by atoms with Crippen molar-refractivity contribution in [3.8, 4) is 5.75 Å². The molecule has 5 aromatic rings. The van der Waals surface area contributed by atoms with Crippen LogP contribution in [0.4, 0.5) is 0 Å². The fourth-order valence-corrected chi connectivity index (χ4v) is 6.69. The Balaban J connectivity index is 1.53. The van der Waals surface area contributed by atoms with Crippen LogP contribution in [0.2, 0.25) is 0 Å². The molecule has 4 nitrogen and oxygen atoms in total. The molecule has 2 aliphatic rings. The Hall–Kier alpha value is -3.66. The lowest BCUT2D eigenvalue weighted by Gasteiger charge is -2.49. The first-order chi connectivity index (χ1) is 17.4. The van der Waals surface area contributed by atoms with Crippen molar-refractivity contribution in [1.29, 1.82) is 0 Å². The number of hydrogen-bond acceptors (Lipinski definition) is 4. The molecule has 0 unspecified atom stereocenters. The van der Waals surface area contributed by atoms with Crippen LogP contribution in [0, 0.1) is 11.8 Å². The van der Waals surface area contributed by atoms with E-state index < -0.39 is 0 Å². The lowest BCUT2D eigenvalue weighted by atomic mass is 9.64. The van der Waals surface area contributed by atoms with Crippen molar-refractivity contribution in [3.05, 3.63) is 84.3 Å². The predicted octanol–water partition coefficient (Wildman–Crippen LogP) is 8.28.